The van der Waals surface area contributed by atoms with E-state index in [1.165, 1.54) is 15.6 Å². The molecule has 0 saturated carbocycles. The zero-order valence-electron chi connectivity index (χ0n) is 10.5. The topological polar surface area (TPSA) is 86.7 Å². The molecule has 3 aromatic rings. The minimum atomic E-state index is -0.584. The number of halogens is 1. The van der Waals surface area contributed by atoms with E-state index >= 15 is 0 Å². The predicted octanol–water partition coefficient (Wildman–Crippen LogP) is 2.19. The average molecular weight is 308 g/mol. The molecule has 0 radical (unpaired) electrons. The molecule has 0 bridgehead atoms. The predicted molar refractivity (Wildman–Crippen MR) is 77.4 cm³/mol. The first-order valence-corrected chi connectivity index (χ1v) is 7.09. The molecule has 6 nitrogen and oxygen atoms in total. The maximum absolute atomic E-state index is 11.1. The van der Waals surface area contributed by atoms with Crippen molar-refractivity contribution < 1.29 is 4.79 Å². The van der Waals surface area contributed by atoms with Gasteiger partial charge in [0.1, 0.15) is 10.5 Å². The largest absolute Gasteiger partial charge is 0.364 e. The molecule has 0 aliphatic heterocycles. The summed E-state index contributed by atoms with van der Waals surface area (Å²) in [6, 6.07) is 3.55. The zero-order chi connectivity index (χ0) is 14.3. The summed E-state index contributed by atoms with van der Waals surface area (Å²) in [5.41, 5.74) is 5.38. The lowest BCUT2D eigenvalue weighted by atomic mass is 10.3. The number of carbonyl (C=O) groups is 1. The smallest absolute Gasteiger partial charge is 0.269 e. The van der Waals surface area contributed by atoms with Crippen LogP contribution in [-0.2, 0) is 6.42 Å². The Kier molecular flexibility index (Phi) is 3.15. The fraction of sp³-hybridized carbons (Fsp3) is 0.167. The summed E-state index contributed by atoms with van der Waals surface area (Å²) < 4.78 is 1.49. The van der Waals surface area contributed by atoms with Crippen LogP contribution >= 0.6 is 22.9 Å². The molecular weight excluding hydrogens is 298 g/mol. The first-order chi connectivity index (χ1) is 9.58. The molecule has 0 fully saturated rings. The molecule has 3 heterocycles. The van der Waals surface area contributed by atoms with Gasteiger partial charge in [0, 0.05) is 11.1 Å². The third kappa shape index (κ3) is 2.14. The SMILES string of the molecule is CCc1cc2c(-n3ccc(C(N)=O)n3)nc(Cl)nc2s1. The monoisotopic (exact) mass is 307 g/mol. The summed E-state index contributed by atoms with van der Waals surface area (Å²) in [5.74, 6) is -0.0387. The average Bonchev–Trinajstić information content (AvgIpc) is 3.03. The Morgan fingerprint density at radius 1 is 1.50 bits per heavy atom. The van der Waals surface area contributed by atoms with Crippen LogP contribution in [0.5, 0.6) is 0 Å². The van der Waals surface area contributed by atoms with E-state index in [0.717, 1.165) is 16.6 Å². The van der Waals surface area contributed by atoms with Gasteiger partial charge in [-0.05, 0) is 30.2 Å². The highest BCUT2D eigenvalue weighted by atomic mass is 35.5. The highest BCUT2D eigenvalue weighted by molar-refractivity contribution is 7.18. The van der Waals surface area contributed by atoms with Gasteiger partial charge >= 0.3 is 0 Å². The van der Waals surface area contributed by atoms with Crippen molar-refractivity contribution in [2.45, 2.75) is 13.3 Å². The Bertz CT molecular complexity index is 809. The van der Waals surface area contributed by atoms with E-state index in [-0.39, 0.29) is 11.0 Å². The number of amides is 1. The number of aryl methyl sites for hydroxylation is 1. The van der Waals surface area contributed by atoms with Gasteiger partial charge < -0.3 is 5.73 Å². The van der Waals surface area contributed by atoms with Crippen LogP contribution in [0.2, 0.25) is 5.28 Å². The first kappa shape index (κ1) is 13.0. The van der Waals surface area contributed by atoms with E-state index in [4.69, 9.17) is 17.3 Å². The summed E-state index contributed by atoms with van der Waals surface area (Å²) >= 11 is 7.51. The third-order valence-corrected chi connectivity index (χ3v) is 4.15. The second-order valence-electron chi connectivity index (χ2n) is 4.11. The number of fused-ring (bicyclic) bond motifs is 1. The van der Waals surface area contributed by atoms with Gasteiger partial charge in [0.2, 0.25) is 5.28 Å². The lowest BCUT2D eigenvalue weighted by Crippen LogP contribution is -2.12. The standard InChI is InChI=1S/C12H10ClN5OS/c1-2-6-5-7-10(15-12(13)16-11(7)20-6)18-4-3-8(17-18)9(14)19/h3-5H,2H2,1H3,(H2,14,19). The molecule has 0 saturated heterocycles. The molecule has 0 spiro atoms. The van der Waals surface area contributed by atoms with Crippen molar-refractivity contribution >= 4 is 39.1 Å². The van der Waals surface area contributed by atoms with Crippen LogP contribution in [0, 0.1) is 0 Å². The Labute approximate surface area is 123 Å². The number of rotatable bonds is 3. The number of carbonyl (C=O) groups excluding carboxylic acids is 1. The molecule has 20 heavy (non-hydrogen) atoms. The second-order valence-corrected chi connectivity index (χ2v) is 5.56. The van der Waals surface area contributed by atoms with Crippen molar-refractivity contribution in [3.05, 3.63) is 34.2 Å². The van der Waals surface area contributed by atoms with E-state index in [9.17, 15) is 4.79 Å². The molecule has 2 N–H and O–H groups in total. The molecule has 1 amide bonds. The third-order valence-electron chi connectivity index (χ3n) is 2.80. The van der Waals surface area contributed by atoms with Gasteiger partial charge in [-0.1, -0.05) is 6.92 Å². The lowest BCUT2D eigenvalue weighted by molar-refractivity contribution is 0.0995. The first-order valence-electron chi connectivity index (χ1n) is 5.90. The van der Waals surface area contributed by atoms with Crippen LogP contribution in [0.15, 0.2) is 18.3 Å². The lowest BCUT2D eigenvalue weighted by Gasteiger charge is -2.02. The summed E-state index contributed by atoms with van der Waals surface area (Å²) in [6.07, 6.45) is 2.53. The summed E-state index contributed by atoms with van der Waals surface area (Å²) in [5, 5.41) is 5.11. The zero-order valence-corrected chi connectivity index (χ0v) is 12.1. The molecule has 102 valence electrons. The van der Waals surface area contributed by atoms with E-state index in [2.05, 4.69) is 22.0 Å². The fourth-order valence-corrected chi connectivity index (χ4v) is 3.03. The van der Waals surface area contributed by atoms with Gasteiger partial charge in [-0.2, -0.15) is 10.1 Å². The van der Waals surface area contributed by atoms with Crippen molar-refractivity contribution in [2.75, 3.05) is 0 Å². The van der Waals surface area contributed by atoms with Gasteiger partial charge in [0.05, 0.1) is 5.39 Å². The summed E-state index contributed by atoms with van der Waals surface area (Å²) in [4.78, 5) is 21.5. The number of hydrogen-bond acceptors (Lipinski definition) is 5. The highest BCUT2D eigenvalue weighted by Crippen LogP contribution is 2.29. The molecular formula is C12H10ClN5OS. The van der Waals surface area contributed by atoms with Crippen molar-refractivity contribution in [3.8, 4) is 5.82 Å². The number of aromatic nitrogens is 4. The van der Waals surface area contributed by atoms with E-state index in [0.29, 0.717) is 5.82 Å². The van der Waals surface area contributed by atoms with E-state index in [1.807, 2.05) is 6.07 Å². The number of nitrogens with zero attached hydrogens (tertiary/aromatic N) is 4. The molecule has 3 rings (SSSR count). The van der Waals surface area contributed by atoms with Gasteiger partial charge in [0.25, 0.3) is 5.91 Å². The number of hydrogen-bond donors (Lipinski definition) is 1. The Hall–Kier alpha value is -1.99. The molecule has 0 unspecified atom stereocenters. The number of nitrogens with two attached hydrogens (primary N) is 1. The van der Waals surface area contributed by atoms with Crippen LogP contribution in [0.25, 0.3) is 16.0 Å². The quantitative estimate of drug-likeness (QED) is 0.751. The summed E-state index contributed by atoms with van der Waals surface area (Å²) in [6.45, 7) is 2.07. The van der Waals surface area contributed by atoms with Gasteiger partial charge in [-0.3, -0.25) is 4.79 Å². The maximum Gasteiger partial charge on any atom is 0.269 e. The van der Waals surface area contributed by atoms with E-state index in [1.54, 1.807) is 17.5 Å². The van der Waals surface area contributed by atoms with Crippen LogP contribution in [0.3, 0.4) is 0 Å². The molecule has 0 aliphatic carbocycles. The van der Waals surface area contributed by atoms with Crippen molar-refractivity contribution in [1.29, 1.82) is 0 Å². The molecule has 8 heteroatoms. The van der Waals surface area contributed by atoms with Crippen LogP contribution in [0.1, 0.15) is 22.3 Å². The normalized spacial score (nSPS) is 11.1. The summed E-state index contributed by atoms with van der Waals surface area (Å²) in [7, 11) is 0. The molecule has 0 aromatic carbocycles. The van der Waals surface area contributed by atoms with Crippen LogP contribution < -0.4 is 5.73 Å². The van der Waals surface area contributed by atoms with E-state index < -0.39 is 5.91 Å². The van der Waals surface area contributed by atoms with Gasteiger partial charge in [-0.15, -0.1) is 11.3 Å². The minimum Gasteiger partial charge on any atom is -0.364 e. The second kappa shape index (κ2) is 4.84. The van der Waals surface area contributed by atoms with Gasteiger partial charge in [-0.25, -0.2) is 9.67 Å². The Morgan fingerprint density at radius 3 is 2.95 bits per heavy atom. The number of primary amides is 1. The molecule has 0 atom stereocenters. The van der Waals surface area contributed by atoms with Crippen molar-refractivity contribution in [2.24, 2.45) is 5.73 Å². The molecule has 3 aromatic heterocycles. The van der Waals surface area contributed by atoms with Gasteiger partial charge in [0.15, 0.2) is 5.82 Å². The minimum absolute atomic E-state index is 0.146. The number of thiophene rings is 1. The highest BCUT2D eigenvalue weighted by Gasteiger charge is 2.14. The van der Waals surface area contributed by atoms with Crippen LogP contribution in [0.4, 0.5) is 0 Å². The van der Waals surface area contributed by atoms with Crippen molar-refractivity contribution in [1.82, 2.24) is 19.7 Å². The Morgan fingerprint density at radius 2 is 2.30 bits per heavy atom. The maximum atomic E-state index is 11.1. The fourth-order valence-electron chi connectivity index (χ4n) is 1.85. The van der Waals surface area contributed by atoms with Crippen LogP contribution in [-0.4, -0.2) is 25.7 Å². The molecule has 0 aliphatic rings. The Balaban J connectivity index is 2.22. The van der Waals surface area contributed by atoms with Crippen molar-refractivity contribution in [3.63, 3.8) is 0 Å².